The Balaban J connectivity index is 2.53. The van der Waals surface area contributed by atoms with Gasteiger partial charge in [0.1, 0.15) is 0 Å². The van der Waals surface area contributed by atoms with E-state index in [0.29, 0.717) is 0 Å². The van der Waals surface area contributed by atoms with Crippen LogP contribution in [-0.2, 0) is 11.2 Å². The Morgan fingerprint density at radius 3 is 2.36 bits per heavy atom. The van der Waals surface area contributed by atoms with E-state index in [0.717, 1.165) is 29.5 Å². The fourth-order valence-electron chi connectivity index (χ4n) is 3.16. The molecule has 0 bridgehead atoms. The zero-order valence-electron chi connectivity index (χ0n) is 13.6. The molecule has 0 radical (unpaired) electrons. The fourth-order valence-corrected chi connectivity index (χ4v) is 3.16. The van der Waals surface area contributed by atoms with Crippen LogP contribution in [0, 0.1) is 13.8 Å². The molecular formula is C20H24O2. The van der Waals surface area contributed by atoms with Gasteiger partial charge in [-0.05, 0) is 48.1 Å². The Kier molecular flexibility index (Phi) is 5.37. The minimum absolute atomic E-state index is 0.0875. The topological polar surface area (TPSA) is 37.3 Å². The van der Waals surface area contributed by atoms with E-state index >= 15 is 0 Å². The summed E-state index contributed by atoms with van der Waals surface area (Å²) < 4.78 is 0. The molecule has 2 rings (SSSR count). The molecule has 0 aliphatic heterocycles. The van der Waals surface area contributed by atoms with Gasteiger partial charge in [-0.1, -0.05) is 55.8 Å². The van der Waals surface area contributed by atoms with Crippen molar-refractivity contribution in [2.45, 2.75) is 46.0 Å². The number of benzene rings is 2. The summed E-state index contributed by atoms with van der Waals surface area (Å²) in [5.41, 5.74) is 5.96. The van der Waals surface area contributed by atoms with E-state index in [2.05, 4.69) is 51.1 Å². The monoisotopic (exact) mass is 296 g/mol. The number of aryl methyl sites for hydroxylation is 2. The summed E-state index contributed by atoms with van der Waals surface area (Å²) in [6.07, 6.45) is 2.26. The highest BCUT2D eigenvalue weighted by molar-refractivity contribution is 5.69. The van der Waals surface area contributed by atoms with Crippen molar-refractivity contribution in [2.24, 2.45) is 0 Å². The van der Waals surface area contributed by atoms with Crippen LogP contribution in [0.25, 0.3) is 0 Å². The average molecular weight is 296 g/mol. The molecule has 0 heterocycles. The molecule has 0 saturated carbocycles. The molecule has 2 aromatic rings. The highest BCUT2D eigenvalue weighted by atomic mass is 16.4. The lowest BCUT2D eigenvalue weighted by molar-refractivity contribution is -0.137. The van der Waals surface area contributed by atoms with E-state index in [1.807, 2.05) is 12.1 Å². The van der Waals surface area contributed by atoms with Crippen molar-refractivity contribution in [3.63, 3.8) is 0 Å². The number of aliphatic carboxylic acids is 1. The molecule has 0 saturated heterocycles. The summed E-state index contributed by atoms with van der Waals surface area (Å²) in [4.78, 5) is 11.4. The van der Waals surface area contributed by atoms with Crippen molar-refractivity contribution >= 4 is 5.97 Å². The van der Waals surface area contributed by atoms with Crippen LogP contribution in [0.4, 0.5) is 0 Å². The Hall–Kier alpha value is -2.09. The maximum atomic E-state index is 11.4. The molecule has 0 aliphatic rings. The van der Waals surface area contributed by atoms with Crippen molar-refractivity contribution in [3.05, 3.63) is 70.3 Å². The van der Waals surface area contributed by atoms with Crippen LogP contribution in [0.3, 0.4) is 0 Å². The zero-order chi connectivity index (χ0) is 16.1. The highest BCUT2D eigenvalue weighted by Crippen LogP contribution is 2.33. The Bertz CT molecular complexity index is 659. The normalized spacial score (nSPS) is 12.1. The molecular weight excluding hydrogens is 272 g/mol. The largest absolute Gasteiger partial charge is 0.481 e. The predicted molar refractivity (Wildman–Crippen MR) is 90.4 cm³/mol. The quantitative estimate of drug-likeness (QED) is 0.826. The Labute approximate surface area is 132 Å². The van der Waals surface area contributed by atoms with Crippen LogP contribution >= 0.6 is 0 Å². The average Bonchev–Trinajstić information content (AvgIpc) is 2.48. The van der Waals surface area contributed by atoms with Crippen molar-refractivity contribution in [2.75, 3.05) is 0 Å². The summed E-state index contributed by atoms with van der Waals surface area (Å²) in [5, 5.41) is 9.36. The molecule has 0 amide bonds. The van der Waals surface area contributed by atoms with Gasteiger partial charge in [-0.3, -0.25) is 4.79 Å². The summed E-state index contributed by atoms with van der Waals surface area (Å²) in [6.45, 7) is 6.34. The Morgan fingerprint density at radius 1 is 1.05 bits per heavy atom. The third kappa shape index (κ3) is 3.56. The van der Waals surface area contributed by atoms with E-state index in [4.69, 9.17) is 0 Å². The predicted octanol–water partition coefficient (Wildman–Crippen LogP) is 4.86. The van der Waals surface area contributed by atoms with E-state index in [-0.39, 0.29) is 12.3 Å². The van der Waals surface area contributed by atoms with Crippen molar-refractivity contribution in [1.29, 1.82) is 0 Å². The smallest absolute Gasteiger partial charge is 0.304 e. The molecule has 116 valence electrons. The molecule has 2 nitrogen and oxygen atoms in total. The first kappa shape index (κ1) is 16.3. The Morgan fingerprint density at radius 2 is 1.73 bits per heavy atom. The molecule has 0 aromatic heterocycles. The van der Waals surface area contributed by atoms with Gasteiger partial charge in [0.2, 0.25) is 0 Å². The second-order valence-electron chi connectivity index (χ2n) is 5.89. The van der Waals surface area contributed by atoms with Crippen LogP contribution in [0.5, 0.6) is 0 Å². The number of carboxylic acid groups (broad SMARTS) is 1. The molecule has 0 spiro atoms. The van der Waals surface area contributed by atoms with Gasteiger partial charge in [-0.2, -0.15) is 0 Å². The minimum Gasteiger partial charge on any atom is -0.481 e. The zero-order valence-corrected chi connectivity index (χ0v) is 13.6. The van der Waals surface area contributed by atoms with E-state index in [1.54, 1.807) is 0 Å². The van der Waals surface area contributed by atoms with E-state index < -0.39 is 5.97 Å². The number of hydrogen-bond acceptors (Lipinski definition) is 1. The number of carboxylic acids is 1. The molecule has 2 heteroatoms. The van der Waals surface area contributed by atoms with Gasteiger partial charge < -0.3 is 5.11 Å². The van der Waals surface area contributed by atoms with Crippen molar-refractivity contribution in [3.8, 4) is 0 Å². The van der Waals surface area contributed by atoms with Gasteiger partial charge in [0.05, 0.1) is 6.42 Å². The van der Waals surface area contributed by atoms with E-state index in [1.165, 1.54) is 11.1 Å². The molecule has 22 heavy (non-hydrogen) atoms. The van der Waals surface area contributed by atoms with Crippen molar-refractivity contribution < 1.29 is 9.90 Å². The fraction of sp³-hybridized carbons (Fsp3) is 0.350. The number of rotatable bonds is 6. The second-order valence-corrected chi connectivity index (χ2v) is 5.89. The first-order valence-electron chi connectivity index (χ1n) is 7.90. The number of carbonyl (C=O) groups is 1. The summed E-state index contributed by atoms with van der Waals surface area (Å²) >= 11 is 0. The molecule has 0 fully saturated rings. The SMILES string of the molecule is CCCc1cccc(C(CC(=O)O)c2ccccc2C)c1C. The van der Waals surface area contributed by atoms with Gasteiger partial charge in [-0.25, -0.2) is 0 Å². The van der Waals surface area contributed by atoms with Gasteiger partial charge in [0, 0.05) is 5.92 Å². The first-order chi connectivity index (χ1) is 10.5. The van der Waals surface area contributed by atoms with Crippen LogP contribution in [-0.4, -0.2) is 11.1 Å². The van der Waals surface area contributed by atoms with Gasteiger partial charge in [0.25, 0.3) is 0 Å². The van der Waals surface area contributed by atoms with Crippen molar-refractivity contribution in [1.82, 2.24) is 0 Å². The molecule has 0 aliphatic carbocycles. The molecule has 1 N–H and O–H groups in total. The van der Waals surface area contributed by atoms with E-state index in [9.17, 15) is 9.90 Å². The lowest BCUT2D eigenvalue weighted by atomic mass is 9.82. The summed E-state index contributed by atoms with van der Waals surface area (Å²) in [7, 11) is 0. The second kappa shape index (κ2) is 7.26. The number of hydrogen-bond donors (Lipinski definition) is 1. The maximum Gasteiger partial charge on any atom is 0.304 e. The van der Waals surface area contributed by atoms with Crippen LogP contribution < -0.4 is 0 Å². The van der Waals surface area contributed by atoms with Gasteiger partial charge in [-0.15, -0.1) is 0 Å². The molecule has 1 atom stereocenters. The summed E-state index contributed by atoms with van der Waals surface area (Å²) in [6, 6.07) is 14.4. The van der Waals surface area contributed by atoms with Crippen LogP contribution in [0.1, 0.15) is 53.5 Å². The third-order valence-electron chi connectivity index (χ3n) is 4.33. The van der Waals surface area contributed by atoms with Gasteiger partial charge in [0.15, 0.2) is 0 Å². The first-order valence-corrected chi connectivity index (χ1v) is 7.90. The highest BCUT2D eigenvalue weighted by Gasteiger charge is 2.21. The van der Waals surface area contributed by atoms with Crippen LogP contribution in [0.15, 0.2) is 42.5 Å². The minimum atomic E-state index is -0.756. The third-order valence-corrected chi connectivity index (χ3v) is 4.33. The lowest BCUT2D eigenvalue weighted by Crippen LogP contribution is -2.11. The lowest BCUT2D eigenvalue weighted by Gasteiger charge is -2.22. The van der Waals surface area contributed by atoms with Crippen LogP contribution in [0.2, 0.25) is 0 Å². The maximum absolute atomic E-state index is 11.4. The van der Waals surface area contributed by atoms with Gasteiger partial charge >= 0.3 is 5.97 Å². The molecule has 1 unspecified atom stereocenters. The molecule has 2 aromatic carbocycles. The standard InChI is InChI=1S/C20H24O2/c1-4-8-16-10-7-12-18(15(16)3)19(13-20(21)22)17-11-6-5-9-14(17)2/h5-7,9-12,19H,4,8,13H2,1-3H3,(H,21,22). The summed E-state index contributed by atoms with van der Waals surface area (Å²) in [5.74, 6) is -0.843.